The molecule has 0 aliphatic heterocycles. The molecule has 0 bridgehead atoms. The molecule has 1 nitrogen and oxygen atoms in total. The normalized spacial score (nSPS) is 10.5. The van der Waals surface area contributed by atoms with E-state index in [1.807, 2.05) is 6.07 Å². The molecule has 0 aliphatic rings. The van der Waals surface area contributed by atoms with Gasteiger partial charge in [0.15, 0.2) is 0 Å². The molecule has 0 amide bonds. The largest absolute Gasteiger partial charge is 0.396 e. The Morgan fingerprint density at radius 1 is 1.12 bits per heavy atom. The van der Waals surface area contributed by atoms with Crippen LogP contribution in [0.3, 0.4) is 0 Å². The number of thioether (sulfide) groups is 1. The summed E-state index contributed by atoms with van der Waals surface area (Å²) in [4.78, 5) is 1.19. The van der Waals surface area contributed by atoms with Gasteiger partial charge in [0.25, 0.3) is 0 Å². The molecule has 2 aromatic rings. The zero-order valence-electron chi connectivity index (χ0n) is 9.61. The minimum atomic E-state index is -0.341. The molecule has 2 aromatic carbocycles. The predicted octanol–water partition coefficient (Wildman–Crippen LogP) is 4.01. The molecule has 0 saturated carbocycles. The van der Waals surface area contributed by atoms with Gasteiger partial charge < -0.3 is 5.73 Å². The lowest BCUT2D eigenvalue weighted by atomic mass is 10.2. The van der Waals surface area contributed by atoms with Crippen molar-refractivity contribution in [2.75, 3.05) is 5.73 Å². The SMILES string of the molecule is Cc1ccc(SCc2ccc(N)c(F)c2)cc1. The van der Waals surface area contributed by atoms with E-state index in [4.69, 9.17) is 5.73 Å². The Balaban J connectivity index is 2.02. The number of aryl methyl sites for hydroxylation is 1. The maximum Gasteiger partial charge on any atom is 0.146 e. The van der Waals surface area contributed by atoms with Gasteiger partial charge in [-0.2, -0.15) is 0 Å². The average Bonchev–Trinajstić information content (AvgIpc) is 2.33. The molecule has 88 valence electrons. The highest BCUT2D eigenvalue weighted by Gasteiger charge is 2.01. The number of hydrogen-bond donors (Lipinski definition) is 1. The highest BCUT2D eigenvalue weighted by molar-refractivity contribution is 7.98. The minimum absolute atomic E-state index is 0.203. The van der Waals surface area contributed by atoms with Crippen LogP contribution in [0, 0.1) is 12.7 Å². The van der Waals surface area contributed by atoms with Gasteiger partial charge in [0, 0.05) is 10.6 Å². The highest BCUT2D eigenvalue weighted by Crippen LogP contribution is 2.24. The zero-order valence-corrected chi connectivity index (χ0v) is 10.4. The van der Waals surface area contributed by atoms with Gasteiger partial charge in [-0.1, -0.05) is 23.8 Å². The van der Waals surface area contributed by atoms with Crippen LogP contribution in [0.25, 0.3) is 0 Å². The predicted molar refractivity (Wildman–Crippen MR) is 71.6 cm³/mol. The van der Waals surface area contributed by atoms with Crippen LogP contribution in [0.1, 0.15) is 11.1 Å². The lowest BCUT2D eigenvalue weighted by Gasteiger charge is -2.04. The first kappa shape index (κ1) is 12.0. The number of anilines is 1. The van der Waals surface area contributed by atoms with Crippen LogP contribution in [0.5, 0.6) is 0 Å². The summed E-state index contributed by atoms with van der Waals surface area (Å²) in [5, 5.41) is 0. The molecule has 3 heteroatoms. The highest BCUT2D eigenvalue weighted by atomic mass is 32.2. The summed E-state index contributed by atoms with van der Waals surface area (Å²) in [7, 11) is 0. The Morgan fingerprint density at radius 3 is 2.47 bits per heavy atom. The molecule has 0 radical (unpaired) electrons. The van der Waals surface area contributed by atoms with E-state index < -0.39 is 0 Å². The first-order chi connectivity index (χ1) is 8.15. The molecule has 0 saturated heterocycles. The second-order valence-electron chi connectivity index (χ2n) is 3.96. The second-order valence-corrected chi connectivity index (χ2v) is 5.01. The molecule has 2 rings (SSSR count). The van der Waals surface area contributed by atoms with Gasteiger partial charge in [0.05, 0.1) is 5.69 Å². The number of benzene rings is 2. The summed E-state index contributed by atoms with van der Waals surface area (Å²) in [5.41, 5.74) is 7.82. The Morgan fingerprint density at radius 2 is 1.82 bits per heavy atom. The lowest BCUT2D eigenvalue weighted by Crippen LogP contribution is -1.91. The number of rotatable bonds is 3. The molecule has 0 atom stereocenters. The first-order valence-electron chi connectivity index (χ1n) is 5.38. The molecule has 0 fully saturated rings. The van der Waals surface area contributed by atoms with Crippen molar-refractivity contribution in [3.8, 4) is 0 Å². The molecule has 0 spiro atoms. The molecular weight excluding hydrogens is 233 g/mol. The van der Waals surface area contributed by atoms with E-state index in [-0.39, 0.29) is 11.5 Å². The average molecular weight is 247 g/mol. The van der Waals surface area contributed by atoms with Gasteiger partial charge in [-0.25, -0.2) is 4.39 Å². The molecule has 0 unspecified atom stereocenters. The van der Waals surface area contributed by atoms with Gasteiger partial charge in [0.1, 0.15) is 5.82 Å². The van der Waals surface area contributed by atoms with Crippen molar-refractivity contribution in [2.24, 2.45) is 0 Å². The smallest absolute Gasteiger partial charge is 0.146 e. The molecule has 2 N–H and O–H groups in total. The van der Waals surface area contributed by atoms with E-state index in [1.54, 1.807) is 17.8 Å². The molecule has 17 heavy (non-hydrogen) atoms. The quantitative estimate of drug-likeness (QED) is 0.655. The van der Waals surface area contributed by atoms with E-state index in [2.05, 4.69) is 31.2 Å². The monoisotopic (exact) mass is 247 g/mol. The van der Waals surface area contributed by atoms with Crippen LogP contribution >= 0.6 is 11.8 Å². The molecular formula is C14H14FNS. The van der Waals surface area contributed by atoms with Crippen LogP contribution in [0.4, 0.5) is 10.1 Å². The van der Waals surface area contributed by atoms with Crippen LogP contribution < -0.4 is 5.73 Å². The Bertz CT molecular complexity index is 508. The fraction of sp³-hybridized carbons (Fsp3) is 0.143. The maximum absolute atomic E-state index is 13.2. The van der Waals surface area contributed by atoms with E-state index in [9.17, 15) is 4.39 Å². The minimum Gasteiger partial charge on any atom is -0.396 e. The van der Waals surface area contributed by atoms with Gasteiger partial charge >= 0.3 is 0 Å². The molecule has 0 aliphatic carbocycles. The fourth-order valence-corrected chi connectivity index (χ4v) is 2.30. The third kappa shape index (κ3) is 3.24. The van der Waals surface area contributed by atoms with Crippen molar-refractivity contribution < 1.29 is 4.39 Å². The van der Waals surface area contributed by atoms with Crippen molar-refractivity contribution in [2.45, 2.75) is 17.6 Å². The van der Waals surface area contributed by atoms with Gasteiger partial charge in [-0.05, 0) is 36.8 Å². The lowest BCUT2D eigenvalue weighted by molar-refractivity contribution is 0.631. The summed E-state index contributed by atoms with van der Waals surface area (Å²) in [6.45, 7) is 2.06. The number of hydrogen-bond acceptors (Lipinski definition) is 2. The third-order valence-corrected chi connectivity index (χ3v) is 3.57. The van der Waals surface area contributed by atoms with E-state index >= 15 is 0 Å². The van der Waals surface area contributed by atoms with Crippen molar-refractivity contribution in [1.82, 2.24) is 0 Å². The maximum atomic E-state index is 13.2. The van der Waals surface area contributed by atoms with Crippen molar-refractivity contribution >= 4 is 17.4 Å². The summed E-state index contributed by atoms with van der Waals surface area (Å²) in [6.07, 6.45) is 0. The zero-order chi connectivity index (χ0) is 12.3. The first-order valence-corrected chi connectivity index (χ1v) is 6.37. The third-order valence-electron chi connectivity index (χ3n) is 2.49. The van der Waals surface area contributed by atoms with Gasteiger partial charge in [0.2, 0.25) is 0 Å². The summed E-state index contributed by atoms with van der Waals surface area (Å²) < 4.78 is 13.2. The van der Waals surface area contributed by atoms with Crippen LogP contribution in [-0.4, -0.2) is 0 Å². The van der Waals surface area contributed by atoms with Crippen molar-refractivity contribution in [1.29, 1.82) is 0 Å². The molecule has 0 aromatic heterocycles. The number of nitrogens with two attached hydrogens (primary N) is 1. The Kier molecular flexibility index (Phi) is 3.69. The van der Waals surface area contributed by atoms with Gasteiger partial charge in [-0.3, -0.25) is 0 Å². The summed E-state index contributed by atoms with van der Waals surface area (Å²) in [6, 6.07) is 13.3. The van der Waals surface area contributed by atoms with Crippen molar-refractivity contribution in [3.05, 3.63) is 59.4 Å². The van der Waals surface area contributed by atoms with E-state index in [0.717, 1.165) is 11.3 Å². The van der Waals surface area contributed by atoms with E-state index in [1.165, 1.54) is 16.5 Å². The fourth-order valence-electron chi connectivity index (χ4n) is 1.46. The van der Waals surface area contributed by atoms with Crippen molar-refractivity contribution in [3.63, 3.8) is 0 Å². The van der Waals surface area contributed by atoms with Crippen LogP contribution in [0.15, 0.2) is 47.4 Å². The van der Waals surface area contributed by atoms with E-state index in [0.29, 0.717) is 0 Å². The molecule has 0 heterocycles. The standard InChI is InChI=1S/C14H14FNS/c1-10-2-5-12(6-3-10)17-9-11-4-7-14(16)13(15)8-11/h2-8H,9,16H2,1H3. The topological polar surface area (TPSA) is 26.0 Å². The Hall–Kier alpha value is -1.48. The number of halogens is 1. The van der Waals surface area contributed by atoms with Crippen LogP contribution in [-0.2, 0) is 5.75 Å². The Labute approximate surface area is 105 Å². The van der Waals surface area contributed by atoms with Crippen LogP contribution in [0.2, 0.25) is 0 Å². The summed E-state index contributed by atoms with van der Waals surface area (Å²) >= 11 is 1.69. The summed E-state index contributed by atoms with van der Waals surface area (Å²) in [5.74, 6) is 0.410. The van der Waals surface area contributed by atoms with Gasteiger partial charge in [-0.15, -0.1) is 11.8 Å². The number of nitrogen functional groups attached to an aromatic ring is 1. The second kappa shape index (κ2) is 5.23.